The summed E-state index contributed by atoms with van der Waals surface area (Å²) in [6.45, 7) is 5.40. The first-order valence-corrected chi connectivity index (χ1v) is 7.42. The van der Waals surface area contributed by atoms with Gasteiger partial charge in [-0.25, -0.2) is 0 Å². The van der Waals surface area contributed by atoms with Crippen LogP contribution in [0.4, 0.5) is 0 Å². The largest absolute Gasteiger partial charge is 0.387 e. The average molecular weight is 261 g/mol. The van der Waals surface area contributed by atoms with Gasteiger partial charge < -0.3 is 15.2 Å². The van der Waals surface area contributed by atoms with E-state index in [0.717, 1.165) is 6.42 Å². The predicted octanol–water partition coefficient (Wildman–Crippen LogP) is 0.889. The highest BCUT2D eigenvalue weighted by atomic mass is 32.2. The molecule has 2 N–H and O–H groups in total. The van der Waals surface area contributed by atoms with E-state index in [1.165, 1.54) is 0 Å². The fourth-order valence-corrected chi connectivity index (χ4v) is 2.76. The third-order valence-electron chi connectivity index (χ3n) is 3.08. The Hall–Kier alpha value is -0.260. The lowest BCUT2D eigenvalue weighted by atomic mass is 9.89. The molecule has 1 fully saturated rings. The molecule has 0 aliphatic carbocycles. The molecular weight excluding hydrogens is 238 g/mol. The molecule has 1 rings (SSSR count). The molecule has 17 heavy (non-hydrogen) atoms. The number of hydrogen-bond donors (Lipinski definition) is 2. The summed E-state index contributed by atoms with van der Waals surface area (Å²) < 4.78 is 5.31. The van der Waals surface area contributed by atoms with Gasteiger partial charge in [0.05, 0.1) is 5.60 Å². The highest BCUT2D eigenvalue weighted by molar-refractivity contribution is 7.98. The number of nitrogens with one attached hydrogen (secondary N) is 1. The van der Waals surface area contributed by atoms with Crippen LogP contribution in [0.3, 0.4) is 0 Å². The van der Waals surface area contributed by atoms with Crippen molar-refractivity contribution in [3.05, 3.63) is 0 Å². The van der Waals surface area contributed by atoms with E-state index in [2.05, 4.69) is 5.32 Å². The van der Waals surface area contributed by atoms with Gasteiger partial charge in [-0.1, -0.05) is 6.92 Å². The maximum atomic E-state index is 12.0. The molecule has 0 radical (unpaired) electrons. The van der Waals surface area contributed by atoms with E-state index in [1.54, 1.807) is 18.7 Å². The van der Waals surface area contributed by atoms with Gasteiger partial charge >= 0.3 is 0 Å². The fraction of sp³-hybridized carbons (Fsp3) is 0.917. The molecule has 100 valence electrons. The van der Waals surface area contributed by atoms with E-state index < -0.39 is 5.60 Å². The van der Waals surface area contributed by atoms with Crippen LogP contribution in [0.5, 0.6) is 0 Å². The summed E-state index contributed by atoms with van der Waals surface area (Å²) >= 11 is 1.58. The number of amides is 1. The molecule has 0 saturated carbocycles. The third-order valence-corrected chi connectivity index (χ3v) is 3.99. The Bertz CT molecular complexity index is 258. The van der Waals surface area contributed by atoms with Gasteiger partial charge in [0.25, 0.3) is 0 Å². The van der Waals surface area contributed by atoms with Gasteiger partial charge in [0.2, 0.25) is 5.91 Å². The molecular formula is C12H23NO3S. The van der Waals surface area contributed by atoms with Crippen LogP contribution in [0.2, 0.25) is 0 Å². The number of rotatable bonds is 5. The summed E-state index contributed by atoms with van der Waals surface area (Å²) in [5.41, 5.74) is -0.830. The highest BCUT2D eigenvalue weighted by Gasteiger charge is 2.29. The standard InChI is InChI=1S/C12H23NO3S/c1-9-6-16-5-4-10(9)11(14)13-7-12(2,15)8-17-3/h9-10,15H,4-8H2,1-3H3,(H,13,14). The number of carbonyl (C=O) groups is 1. The summed E-state index contributed by atoms with van der Waals surface area (Å²) in [5.74, 6) is 0.946. The minimum absolute atomic E-state index is 0.0221. The van der Waals surface area contributed by atoms with Crippen molar-refractivity contribution >= 4 is 17.7 Å². The predicted molar refractivity (Wildman–Crippen MR) is 70.1 cm³/mol. The van der Waals surface area contributed by atoms with Gasteiger partial charge in [-0.15, -0.1) is 0 Å². The van der Waals surface area contributed by atoms with E-state index in [9.17, 15) is 9.90 Å². The number of carbonyl (C=O) groups excluding carboxylic acids is 1. The van der Waals surface area contributed by atoms with Gasteiger partial charge in [-0.05, 0) is 25.5 Å². The summed E-state index contributed by atoms with van der Waals surface area (Å²) in [6.07, 6.45) is 2.72. The number of thioether (sulfide) groups is 1. The molecule has 1 aliphatic rings. The first-order valence-electron chi connectivity index (χ1n) is 6.03. The zero-order valence-corrected chi connectivity index (χ0v) is 11.7. The monoisotopic (exact) mass is 261 g/mol. The first kappa shape index (κ1) is 14.8. The van der Waals surface area contributed by atoms with Gasteiger partial charge in [-0.2, -0.15) is 11.8 Å². The topological polar surface area (TPSA) is 58.6 Å². The van der Waals surface area contributed by atoms with Crippen LogP contribution in [-0.2, 0) is 9.53 Å². The summed E-state index contributed by atoms with van der Waals surface area (Å²) in [7, 11) is 0. The lowest BCUT2D eigenvalue weighted by molar-refractivity contribution is -0.131. The Morgan fingerprint density at radius 3 is 2.94 bits per heavy atom. The van der Waals surface area contributed by atoms with E-state index >= 15 is 0 Å². The van der Waals surface area contributed by atoms with Crippen molar-refractivity contribution in [2.24, 2.45) is 11.8 Å². The normalized spacial score (nSPS) is 28.5. The van der Waals surface area contributed by atoms with Crippen LogP contribution < -0.4 is 5.32 Å². The molecule has 0 bridgehead atoms. The van der Waals surface area contributed by atoms with Crippen LogP contribution >= 0.6 is 11.8 Å². The van der Waals surface area contributed by atoms with Gasteiger partial charge in [0.15, 0.2) is 0 Å². The molecule has 5 heteroatoms. The number of aliphatic hydroxyl groups is 1. The van der Waals surface area contributed by atoms with Crippen molar-refractivity contribution in [1.29, 1.82) is 0 Å². The Kier molecular flexibility index (Phi) is 5.76. The van der Waals surface area contributed by atoms with Crippen molar-refractivity contribution in [1.82, 2.24) is 5.32 Å². The van der Waals surface area contributed by atoms with Crippen molar-refractivity contribution in [2.45, 2.75) is 25.9 Å². The van der Waals surface area contributed by atoms with Crippen LogP contribution in [0.15, 0.2) is 0 Å². The fourth-order valence-electron chi connectivity index (χ4n) is 2.04. The number of hydrogen-bond acceptors (Lipinski definition) is 4. The molecule has 1 saturated heterocycles. The molecule has 0 spiro atoms. The molecule has 1 aliphatic heterocycles. The second-order valence-electron chi connectivity index (χ2n) is 5.10. The Morgan fingerprint density at radius 1 is 1.65 bits per heavy atom. The minimum atomic E-state index is -0.830. The molecule has 3 unspecified atom stereocenters. The molecule has 0 aromatic rings. The second kappa shape index (κ2) is 6.61. The minimum Gasteiger partial charge on any atom is -0.387 e. The zero-order valence-electron chi connectivity index (χ0n) is 10.9. The third kappa shape index (κ3) is 4.85. The highest BCUT2D eigenvalue weighted by Crippen LogP contribution is 2.21. The van der Waals surface area contributed by atoms with Crippen molar-refractivity contribution < 1.29 is 14.6 Å². The number of ether oxygens (including phenoxy) is 1. The van der Waals surface area contributed by atoms with E-state index in [0.29, 0.717) is 25.5 Å². The molecule has 1 heterocycles. The smallest absolute Gasteiger partial charge is 0.223 e. The van der Waals surface area contributed by atoms with Crippen LogP contribution in [0.1, 0.15) is 20.3 Å². The Balaban J connectivity index is 2.38. The zero-order chi connectivity index (χ0) is 12.9. The van der Waals surface area contributed by atoms with Crippen molar-refractivity contribution in [2.75, 3.05) is 31.8 Å². The average Bonchev–Trinajstić information content (AvgIpc) is 2.27. The summed E-state index contributed by atoms with van der Waals surface area (Å²) in [5, 5.41) is 12.8. The molecule has 0 aromatic carbocycles. The quantitative estimate of drug-likeness (QED) is 0.771. The summed E-state index contributed by atoms with van der Waals surface area (Å²) in [6, 6.07) is 0. The maximum absolute atomic E-state index is 12.0. The molecule has 1 amide bonds. The van der Waals surface area contributed by atoms with Crippen LogP contribution in [-0.4, -0.2) is 48.4 Å². The van der Waals surface area contributed by atoms with E-state index in [1.807, 2.05) is 13.2 Å². The molecule has 4 nitrogen and oxygen atoms in total. The van der Waals surface area contributed by atoms with Crippen LogP contribution in [0.25, 0.3) is 0 Å². The van der Waals surface area contributed by atoms with Gasteiger partial charge in [0.1, 0.15) is 0 Å². The Labute approximate surface area is 107 Å². The van der Waals surface area contributed by atoms with E-state index in [-0.39, 0.29) is 17.7 Å². The van der Waals surface area contributed by atoms with Gasteiger partial charge in [0, 0.05) is 31.4 Å². The molecule has 3 atom stereocenters. The van der Waals surface area contributed by atoms with Gasteiger partial charge in [-0.3, -0.25) is 4.79 Å². The summed E-state index contributed by atoms with van der Waals surface area (Å²) in [4.78, 5) is 12.0. The molecule has 0 aromatic heterocycles. The van der Waals surface area contributed by atoms with Crippen LogP contribution in [0, 0.1) is 11.8 Å². The van der Waals surface area contributed by atoms with Crippen molar-refractivity contribution in [3.8, 4) is 0 Å². The second-order valence-corrected chi connectivity index (χ2v) is 5.96. The maximum Gasteiger partial charge on any atom is 0.223 e. The Morgan fingerprint density at radius 2 is 2.35 bits per heavy atom. The van der Waals surface area contributed by atoms with E-state index in [4.69, 9.17) is 4.74 Å². The lowest BCUT2D eigenvalue weighted by Crippen LogP contribution is -2.46. The lowest BCUT2D eigenvalue weighted by Gasteiger charge is -2.29. The first-order chi connectivity index (χ1) is 7.96. The SMILES string of the molecule is CSCC(C)(O)CNC(=O)C1CCOCC1C. The van der Waals surface area contributed by atoms with Crippen molar-refractivity contribution in [3.63, 3.8) is 0 Å².